The molecule has 0 atom stereocenters. The number of rotatable bonds is 1. The van der Waals surface area contributed by atoms with Gasteiger partial charge in [0.1, 0.15) is 4.91 Å². The van der Waals surface area contributed by atoms with Crippen LogP contribution in [-0.2, 0) is 20.8 Å². The molecule has 0 aliphatic carbocycles. The smallest absolute Gasteiger partial charge is 0.294 e. The third kappa shape index (κ3) is 1.74. The Morgan fingerprint density at radius 1 is 1.22 bits per heavy atom. The molecule has 18 heavy (non-hydrogen) atoms. The predicted octanol–water partition coefficient (Wildman–Crippen LogP) is 2.42. The highest BCUT2D eigenvalue weighted by Crippen LogP contribution is 2.42. The number of fused-ring (bicyclic) bond motifs is 1. The lowest BCUT2D eigenvalue weighted by Crippen LogP contribution is -2.14. The number of hydrogen-bond acceptors (Lipinski definition) is 3. The Balaban J connectivity index is 2.79. The van der Waals surface area contributed by atoms with Crippen LogP contribution >= 0.6 is 0 Å². The Bertz CT molecular complexity index is 669. The second-order valence-corrected chi connectivity index (χ2v) is 5.64. The molecular formula is C11H7F3O3S. The molecule has 2 rings (SSSR count). The molecule has 3 nitrogen and oxygen atoms in total. The van der Waals surface area contributed by atoms with Crippen LogP contribution in [-0.4, -0.2) is 14.2 Å². The highest BCUT2D eigenvalue weighted by atomic mass is 32.2. The predicted molar refractivity (Wildman–Crippen MR) is 57.3 cm³/mol. The van der Waals surface area contributed by atoms with E-state index >= 15 is 0 Å². The Hall–Kier alpha value is -1.63. The number of halogens is 3. The van der Waals surface area contributed by atoms with E-state index in [4.69, 9.17) is 0 Å². The molecule has 1 heterocycles. The lowest BCUT2D eigenvalue weighted by molar-refractivity contribution is -0.139. The van der Waals surface area contributed by atoms with E-state index in [-0.39, 0.29) is 5.56 Å². The molecule has 0 radical (unpaired) electrons. The van der Waals surface area contributed by atoms with Gasteiger partial charge >= 0.3 is 6.18 Å². The molecule has 0 fully saturated rings. The molecule has 0 saturated heterocycles. The molecular weight excluding hydrogens is 269 g/mol. The Labute approximate surface area is 101 Å². The quantitative estimate of drug-likeness (QED) is 0.791. The van der Waals surface area contributed by atoms with Gasteiger partial charge in [-0.2, -0.15) is 13.2 Å². The van der Waals surface area contributed by atoms with Gasteiger partial charge < -0.3 is 0 Å². The van der Waals surface area contributed by atoms with Crippen LogP contribution in [0, 0.1) is 0 Å². The summed E-state index contributed by atoms with van der Waals surface area (Å²) in [5.41, 5.74) is -1.34. The summed E-state index contributed by atoms with van der Waals surface area (Å²) in [6, 6.07) is 3.03. The number of carbonyl (C=O) groups excluding carboxylic acids is 1. The molecule has 1 aliphatic heterocycles. The van der Waals surface area contributed by atoms with E-state index in [2.05, 4.69) is 0 Å². The maximum atomic E-state index is 12.7. The third-order valence-corrected chi connectivity index (χ3v) is 4.52. The molecule has 0 aromatic heterocycles. The van der Waals surface area contributed by atoms with Crippen molar-refractivity contribution in [1.29, 1.82) is 0 Å². The van der Waals surface area contributed by atoms with Gasteiger partial charge in [0.25, 0.3) is 0 Å². The molecule has 7 heteroatoms. The second kappa shape index (κ2) is 3.68. The van der Waals surface area contributed by atoms with Crippen LogP contribution in [0.4, 0.5) is 13.2 Å². The monoisotopic (exact) mass is 276 g/mol. The summed E-state index contributed by atoms with van der Waals surface area (Å²) < 4.78 is 62.0. The summed E-state index contributed by atoms with van der Waals surface area (Å²) >= 11 is 0. The van der Waals surface area contributed by atoms with Gasteiger partial charge in [-0.25, -0.2) is 8.42 Å². The van der Waals surface area contributed by atoms with Crippen LogP contribution < -0.4 is 0 Å². The van der Waals surface area contributed by atoms with E-state index in [0.29, 0.717) is 6.07 Å². The maximum Gasteiger partial charge on any atom is 0.417 e. The summed E-state index contributed by atoms with van der Waals surface area (Å²) in [6.45, 7) is 1.00. The third-order valence-electron chi connectivity index (χ3n) is 2.54. The molecule has 1 aromatic carbocycles. The molecule has 0 bridgehead atoms. The number of benzene rings is 1. The van der Waals surface area contributed by atoms with Crippen LogP contribution in [0.25, 0.3) is 6.08 Å². The summed E-state index contributed by atoms with van der Waals surface area (Å²) in [5, 5.41) is 0. The first-order valence-corrected chi connectivity index (χ1v) is 6.32. The van der Waals surface area contributed by atoms with Gasteiger partial charge in [0, 0.05) is 0 Å². The van der Waals surface area contributed by atoms with Crippen molar-refractivity contribution >= 4 is 21.7 Å². The minimum Gasteiger partial charge on any atom is -0.294 e. The Morgan fingerprint density at radius 3 is 2.33 bits per heavy atom. The fourth-order valence-corrected chi connectivity index (χ4v) is 3.60. The van der Waals surface area contributed by atoms with Gasteiger partial charge in [-0.1, -0.05) is 12.1 Å². The van der Waals surface area contributed by atoms with Gasteiger partial charge in [0.15, 0.2) is 5.78 Å². The molecule has 1 aliphatic rings. The first kappa shape index (κ1) is 12.8. The minimum absolute atomic E-state index is 0.102. The minimum atomic E-state index is -4.78. The fourth-order valence-electron chi connectivity index (χ4n) is 1.81. The topological polar surface area (TPSA) is 51.2 Å². The number of allylic oxidation sites excluding steroid dienone is 1. The van der Waals surface area contributed by atoms with Gasteiger partial charge in [0.2, 0.25) is 9.84 Å². The van der Waals surface area contributed by atoms with Gasteiger partial charge in [-0.3, -0.25) is 4.79 Å². The zero-order valence-electron chi connectivity index (χ0n) is 9.08. The average Bonchev–Trinajstić information content (AvgIpc) is 2.49. The van der Waals surface area contributed by atoms with E-state index in [1.165, 1.54) is 6.07 Å². The molecule has 0 saturated carbocycles. The molecule has 0 amide bonds. The van der Waals surface area contributed by atoms with Crippen molar-refractivity contribution in [3.8, 4) is 0 Å². The number of hydrogen-bond donors (Lipinski definition) is 0. The van der Waals surface area contributed by atoms with Crippen LogP contribution in [0.1, 0.15) is 18.1 Å². The number of alkyl halides is 3. The Kier molecular flexibility index (Phi) is 2.62. The number of Topliss-reactive ketones (excluding diaryl/α,β-unsaturated/α-hetero) is 1. The van der Waals surface area contributed by atoms with Crippen molar-refractivity contribution in [3.63, 3.8) is 0 Å². The van der Waals surface area contributed by atoms with E-state index in [9.17, 15) is 26.4 Å². The summed E-state index contributed by atoms with van der Waals surface area (Å²) in [7, 11) is -4.37. The molecule has 96 valence electrons. The maximum absolute atomic E-state index is 12.7. The van der Waals surface area contributed by atoms with Gasteiger partial charge in [-0.15, -0.1) is 0 Å². The van der Waals surface area contributed by atoms with Crippen molar-refractivity contribution < 1.29 is 26.4 Å². The second-order valence-electron chi connectivity index (χ2n) is 3.79. The largest absolute Gasteiger partial charge is 0.417 e. The summed E-state index contributed by atoms with van der Waals surface area (Å²) in [5.74, 6) is -0.778. The van der Waals surface area contributed by atoms with E-state index in [1.807, 2.05) is 0 Å². The zero-order valence-corrected chi connectivity index (χ0v) is 9.89. The normalized spacial score (nSPS) is 17.2. The molecule has 0 spiro atoms. The van der Waals surface area contributed by atoms with Crippen LogP contribution in [0.2, 0.25) is 0 Å². The SMILES string of the molecule is CC(=O)C1=Cc2cccc(C(F)(F)F)c2S1(=O)=O. The summed E-state index contributed by atoms with van der Waals surface area (Å²) in [4.78, 5) is 9.73. The van der Waals surface area contributed by atoms with Crippen LogP contribution in [0.3, 0.4) is 0 Å². The number of carbonyl (C=O) groups is 1. The Morgan fingerprint density at radius 2 is 1.83 bits per heavy atom. The lowest BCUT2D eigenvalue weighted by atomic mass is 10.1. The van der Waals surface area contributed by atoms with Crippen molar-refractivity contribution in [2.45, 2.75) is 18.0 Å². The molecule has 1 aromatic rings. The van der Waals surface area contributed by atoms with Crippen molar-refractivity contribution in [2.75, 3.05) is 0 Å². The van der Waals surface area contributed by atoms with Gasteiger partial charge in [-0.05, 0) is 24.6 Å². The van der Waals surface area contributed by atoms with Crippen molar-refractivity contribution in [2.24, 2.45) is 0 Å². The van der Waals surface area contributed by atoms with E-state index in [0.717, 1.165) is 19.1 Å². The van der Waals surface area contributed by atoms with Gasteiger partial charge in [0.05, 0.1) is 10.5 Å². The zero-order chi connectivity index (χ0) is 13.7. The standard InChI is InChI=1S/C11H7F3O3S/c1-6(15)9-5-7-3-2-4-8(11(12,13)14)10(7)18(9,16)17/h2-5H,1H3. The van der Waals surface area contributed by atoms with Crippen LogP contribution in [0.15, 0.2) is 28.0 Å². The summed E-state index contributed by atoms with van der Waals surface area (Å²) in [6.07, 6.45) is -3.80. The van der Waals surface area contributed by atoms with E-state index < -0.39 is 37.2 Å². The number of ketones is 1. The first-order valence-electron chi connectivity index (χ1n) is 4.83. The molecule has 0 N–H and O–H groups in total. The number of sulfone groups is 1. The highest BCUT2D eigenvalue weighted by Gasteiger charge is 2.42. The fraction of sp³-hybridized carbons (Fsp3) is 0.182. The average molecular weight is 276 g/mol. The first-order chi connectivity index (χ1) is 8.15. The van der Waals surface area contributed by atoms with Crippen molar-refractivity contribution in [3.05, 3.63) is 34.2 Å². The lowest BCUT2D eigenvalue weighted by Gasteiger charge is -2.11. The van der Waals surface area contributed by atoms with Crippen molar-refractivity contribution in [1.82, 2.24) is 0 Å². The molecule has 0 unspecified atom stereocenters. The van der Waals surface area contributed by atoms with E-state index in [1.54, 1.807) is 0 Å². The van der Waals surface area contributed by atoms with Crippen LogP contribution in [0.5, 0.6) is 0 Å². The highest BCUT2D eigenvalue weighted by molar-refractivity contribution is 7.96.